The molecule has 3 unspecified atom stereocenters. The number of aromatic amines is 1. The molecule has 3 atom stereocenters. The molecule has 2 aliphatic rings. The summed E-state index contributed by atoms with van der Waals surface area (Å²) in [5, 5.41) is 0. The molecule has 1 aromatic heterocycles. The molecule has 2 aliphatic heterocycles. The number of piperidine rings is 1. The quantitative estimate of drug-likeness (QED) is 0.641. The van der Waals surface area contributed by atoms with Crippen molar-refractivity contribution in [2.75, 3.05) is 13.1 Å². The third-order valence-corrected chi connectivity index (χ3v) is 6.91. The Balaban J connectivity index is 1.44. The number of aromatic nitrogens is 2. The van der Waals surface area contributed by atoms with E-state index in [2.05, 4.69) is 45.6 Å². The van der Waals surface area contributed by atoms with Gasteiger partial charge in [0.2, 0.25) is 5.91 Å². The predicted octanol–water partition coefficient (Wildman–Crippen LogP) is 1.76. The second-order valence-corrected chi connectivity index (χ2v) is 8.91. The van der Waals surface area contributed by atoms with Crippen LogP contribution in [0.5, 0.6) is 0 Å². The van der Waals surface area contributed by atoms with Crippen molar-refractivity contribution >= 4 is 32.9 Å². The number of para-hydroxylation sites is 2. The number of nitrogens with zero attached hydrogens (tertiary/aromatic N) is 2. The van der Waals surface area contributed by atoms with Gasteiger partial charge in [-0.2, -0.15) is 0 Å². The second kappa shape index (κ2) is 7.41. The summed E-state index contributed by atoms with van der Waals surface area (Å²) in [4.78, 5) is 30.3. The number of carbonyl (C=O) groups is 1. The molecule has 2 saturated heterocycles. The highest BCUT2D eigenvalue weighted by Gasteiger charge is 2.42. The van der Waals surface area contributed by atoms with E-state index in [1.165, 1.54) is 0 Å². The van der Waals surface area contributed by atoms with Crippen molar-refractivity contribution in [3.63, 3.8) is 0 Å². The molecule has 7 nitrogen and oxygen atoms in total. The number of hydrazine groups is 1. The molecule has 8 heteroatoms. The number of alkyl halides is 1. The van der Waals surface area contributed by atoms with E-state index >= 15 is 0 Å². The molecule has 0 radical (unpaired) electrons. The van der Waals surface area contributed by atoms with Gasteiger partial charge in [0.25, 0.3) is 0 Å². The number of likely N-dealkylation sites (tertiary alicyclic amines) is 1. The lowest BCUT2D eigenvalue weighted by atomic mass is 9.98. The van der Waals surface area contributed by atoms with Gasteiger partial charge in [0.1, 0.15) is 6.04 Å². The number of rotatable bonds is 3. The van der Waals surface area contributed by atoms with Crippen molar-refractivity contribution in [2.24, 2.45) is 5.92 Å². The average molecular weight is 436 g/mol. The maximum atomic E-state index is 13.0. The van der Waals surface area contributed by atoms with Crippen LogP contribution >= 0.6 is 15.9 Å². The van der Waals surface area contributed by atoms with Gasteiger partial charge in [-0.25, -0.2) is 10.2 Å². The topological polar surface area (TPSA) is 82.2 Å². The minimum absolute atomic E-state index is 0.0667. The van der Waals surface area contributed by atoms with E-state index in [4.69, 9.17) is 0 Å². The van der Waals surface area contributed by atoms with E-state index in [1.807, 2.05) is 33.7 Å². The fraction of sp³-hybridized carbons (Fsp3) is 0.579. The first kappa shape index (κ1) is 18.7. The number of carbonyl (C=O) groups excluding carboxylic acids is 1. The molecule has 146 valence electrons. The molecule has 1 amide bonds. The van der Waals surface area contributed by atoms with Gasteiger partial charge in [-0.15, -0.1) is 0 Å². The Bertz CT molecular complexity index is 884. The predicted molar refractivity (Wildman–Crippen MR) is 109 cm³/mol. The number of hydrogen-bond donors (Lipinski definition) is 3. The molecule has 0 aliphatic carbocycles. The number of nitrogens with one attached hydrogen (secondary N) is 3. The van der Waals surface area contributed by atoms with Crippen LogP contribution in [-0.4, -0.2) is 50.4 Å². The Morgan fingerprint density at radius 1 is 1.19 bits per heavy atom. The Morgan fingerprint density at radius 3 is 2.56 bits per heavy atom. The minimum atomic E-state index is -0.259. The number of benzene rings is 1. The number of H-pyrrole nitrogens is 1. The number of fused-ring (bicyclic) bond motifs is 1. The first-order valence-electron chi connectivity index (χ1n) is 9.60. The van der Waals surface area contributed by atoms with Gasteiger partial charge >= 0.3 is 5.69 Å². The third kappa shape index (κ3) is 3.34. The van der Waals surface area contributed by atoms with Crippen molar-refractivity contribution in [3.05, 3.63) is 34.7 Å². The lowest BCUT2D eigenvalue weighted by Gasteiger charge is -2.34. The summed E-state index contributed by atoms with van der Waals surface area (Å²) in [5.74, 6) is 0.552. The Morgan fingerprint density at radius 2 is 1.89 bits per heavy atom. The Labute approximate surface area is 166 Å². The van der Waals surface area contributed by atoms with Crippen LogP contribution in [-0.2, 0) is 4.79 Å². The van der Waals surface area contributed by atoms with Crippen LogP contribution in [0.2, 0.25) is 0 Å². The molecule has 4 rings (SSSR count). The minimum Gasteiger partial charge on any atom is -0.341 e. The molecule has 27 heavy (non-hydrogen) atoms. The number of imidazole rings is 1. The molecule has 0 bridgehead atoms. The molecule has 2 fully saturated rings. The van der Waals surface area contributed by atoms with Crippen LogP contribution in [0.1, 0.15) is 32.7 Å². The summed E-state index contributed by atoms with van der Waals surface area (Å²) in [6, 6.07) is 7.85. The van der Waals surface area contributed by atoms with Crippen LogP contribution in [0.4, 0.5) is 0 Å². The zero-order valence-electron chi connectivity index (χ0n) is 15.6. The molecule has 2 aromatic rings. The van der Waals surface area contributed by atoms with E-state index in [1.54, 1.807) is 0 Å². The zero-order valence-corrected chi connectivity index (χ0v) is 17.2. The van der Waals surface area contributed by atoms with Crippen LogP contribution < -0.4 is 16.5 Å². The monoisotopic (exact) mass is 435 g/mol. The van der Waals surface area contributed by atoms with Gasteiger partial charge < -0.3 is 9.88 Å². The summed E-state index contributed by atoms with van der Waals surface area (Å²) < 4.78 is 1.86. The van der Waals surface area contributed by atoms with Crippen molar-refractivity contribution in [2.45, 2.75) is 49.6 Å². The van der Waals surface area contributed by atoms with Crippen LogP contribution in [0.15, 0.2) is 29.1 Å². The zero-order chi connectivity index (χ0) is 19.1. The largest absolute Gasteiger partial charge is 0.341 e. The summed E-state index contributed by atoms with van der Waals surface area (Å²) >= 11 is 3.70. The van der Waals surface area contributed by atoms with Gasteiger partial charge in [-0.05, 0) is 30.9 Å². The first-order chi connectivity index (χ1) is 13.0. The molecule has 3 heterocycles. The van der Waals surface area contributed by atoms with Crippen LogP contribution in [0.25, 0.3) is 11.0 Å². The van der Waals surface area contributed by atoms with Crippen LogP contribution in [0.3, 0.4) is 0 Å². The summed E-state index contributed by atoms with van der Waals surface area (Å²) in [6.07, 6.45) is 1.57. The highest BCUT2D eigenvalue weighted by molar-refractivity contribution is 9.09. The van der Waals surface area contributed by atoms with Crippen molar-refractivity contribution in [1.82, 2.24) is 25.3 Å². The Kier molecular flexibility index (Phi) is 5.13. The highest BCUT2D eigenvalue weighted by Crippen LogP contribution is 2.27. The molecule has 3 N–H and O–H groups in total. The smallest absolute Gasteiger partial charge is 0.326 e. The summed E-state index contributed by atoms with van der Waals surface area (Å²) in [6.45, 7) is 5.62. The van der Waals surface area contributed by atoms with E-state index in [0.29, 0.717) is 19.0 Å². The van der Waals surface area contributed by atoms with Gasteiger partial charge in [-0.1, -0.05) is 41.9 Å². The van der Waals surface area contributed by atoms with E-state index in [9.17, 15) is 9.59 Å². The molecule has 0 saturated carbocycles. The number of halogens is 1. The maximum absolute atomic E-state index is 13.0. The van der Waals surface area contributed by atoms with E-state index < -0.39 is 0 Å². The summed E-state index contributed by atoms with van der Waals surface area (Å²) in [5.41, 5.74) is 8.14. The maximum Gasteiger partial charge on any atom is 0.326 e. The Hall–Kier alpha value is -1.64. The summed E-state index contributed by atoms with van der Waals surface area (Å²) in [7, 11) is 0. The van der Waals surface area contributed by atoms with Crippen molar-refractivity contribution in [1.29, 1.82) is 0 Å². The third-order valence-electron chi connectivity index (χ3n) is 5.82. The number of amides is 1. The molecule has 0 spiro atoms. The standard InChI is InChI=1S/C19H26BrN5O2/c1-11(2)16-15(20)17(23-22-16)18(26)24-9-7-12(8-10-24)25-14-6-4-3-5-13(14)21-19(25)27/h3-6,11-12,15-17,22-23H,7-10H2,1-2H3,(H,21,27). The number of hydrogen-bond acceptors (Lipinski definition) is 4. The highest BCUT2D eigenvalue weighted by atomic mass is 79.9. The molecular formula is C19H26BrN5O2. The van der Waals surface area contributed by atoms with Gasteiger partial charge in [-0.3, -0.25) is 14.8 Å². The fourth-order valence-corrected chi connectivity index (χ4v) is 5.36. The molecule has 1 aromatic carbocycles. The average Bonchev–Trinajstić information content (AvgIpc) is 3.20. The van der Waals surface area contributed by atoms with E-state index in [-0.39, 0.29) is 34.5 Å². The SMILES string of the molecule is CC(C)C1NNC(C(=O)N2CCC(n3c(=O)[nH]c4ccccc43)CC2)C1Br. The van der Waals surface area contributed by atoms with Gasteiger partial charge in [0, 0.05) is 25.2 Å². The normalized spacial score (nSPS) is 27.0. The van der Waals surface area contributed by atoms with Crippen molar-refractivity contribution < 1.29 is 4.79 Å². The van der Waals surface area contributed by atoms with Gasteiger partial charge in [0.05, 0.1) is 15.9 Å². The van der Waals surface area contributed by atoms with Gasteiger partial charge in [0.15, 0.2) is 0 Å². The first-order valence-corrected chi connectivity index (χ1v) is 10.5. The lowest BCUT2D eigenvalue weighted by Crippen LogP contribution is -2.51. The van der Waals surface area contributed by atoms with Crippen LogP contribution in [0, 0.1) is 5.92 Å². The second-order valence-electron chi connectivity index (χ2n) is 7.85. The van der Waals surface area contributed by atoms with Crippen molar-refractivity contribution in [3.8, 4) is 0 Å². The fourth-order valence-electron chi connectivity index (χ4n) is 4.26. The van der Waals surface area contributed by atoms with E-state index in [0.717, 1.165) is 23.9 Å². The molecular weight excluding hydrogens is 410 g/mol. The lowest BCUT2D eigenvalue weighted by molar-refractivity contribution is -0.134.